The Labute approximate surface area is 93.8 Å². The number of amides is 3. The molecule has 92 valence electrons. The maximum absolute atomic E-state index is 11.4. The lowest BCUT2D eigenvalue weighted by atomic mass is 10.3. The van der Waals surface area contributed by atoms with Gasteiger partial charge in [-0.05, 0) is 13.8 Å². The molecule has 0 aromatic rings. The van der Waals surface area contributed by atoms with Crippen molar-refractivity contribution in [3.8, 4) is 0 Å². The van der Waals surface area contributed by atoms with Gasteiger partial charge >= 0.3 is 12.0 Å². The number of urea groups is 1. The first-order valence-electron chi connectivity index (χ1n) is 4.89. The van der Waals surface area contributed by atoms with Crippen LogP contribution in [0.5, 0.6) is 0 Å². The van der Waals surface area contributed by atoms with Gasteiger partial charge in [0.15, 0.2) is 0 Å². The van der Waals surface area contributed by atoms with E-state index in [1.54, 1.807) is 6.92 Å². The first-order chi connectivity index (χ1) is 7.38. The molecule has 0 unspecified atom stereocenters. The molecule has 7 heteroatoms. The predicted molar refractivity (Wildman–Crippen MR) is 56.9 cm³/mol. The van der Waals surface area contributed by atoms with Crippen molar-refractivity contribution in [3.63, 3.8) is 0 Å². The molecule has 3 amide bonds. The Bertz CT molecular complexity index is 280. The molecule has 16 heavy (non-hydrogen) atoms. The van der Waals surface area contributed by atoms with Crippen molar-refractivity contribution in [2.45, 2.75) is 19.9 Å². The maximum Gasteiger partial charge on any atom is 0.325 e. The molecule has 0 spiro atoms. The van der Waals surface area contributed by atoms with Crippen LogP contribution in [0.25, 0.3) is 0 Å². The van der Waals surface area contributed by atoms with Crippen LogP contribution >= 0.6 is 0 Å². The number of hydrogen-bond acceptors (Lipinski definition) is 3. The van der Waals surface area contributed by atoms with Gasteiger partial charge in [-0.2, -0.15) is 0 Å². The number of rotatable bonds is 5. The monoisotopic (exact) mass is 231 g/mol. The molecule has 0 saturated heterocycles. The number of nitrogens with zero attached hydrogens (tertiary/aromatic N) is 1. The highest BCUT2D eigenvalue weighted by Gasteiger charge is 2.17. The molecular weight excluding hydrogens is 214 g/mol. The average molecular weight is 231 g/mol. The van der Waals surface area contributed by atoms with E-state index in [0.717, 1.165) is 4.90 Å². The highest BCUT2D eigenvalue weighted by Crippen LogP contribution is 1.88. The number of carboxylic acid groups (broad SMARTS) is 1. The summed E-state index contributed by atoms with van der Waals surface area (Å²) in [4.78, 5) is 34.1. The molecule has 3 N–H and O–H groups in total. The van der Waals surface area contributed by atoms with Gasteiger partial charge in [0, 0.05) is 13.6 Å². The molecule has 0 saturated carbocycles. The van der Waals surface area contributed by atoms with Crippen LogP contribution in [0.2, 0.25) is 0 Å². The molecule has 1 atom stereocenters. The summed E-state index contributed by atoms with van der Waals surface area (Å²) in [6.07, 6.45) is 0. The van der Waals surface area contributed by atoms with Crippen LogP contribution in [0, 0.1) is 0 Å². The summed E-state index contributed by atoms with van der Waals surface area (Å²) in [7, 11) is 1.42. The van der Waals surface area contributed by atoms with E-state index in [0.29, 0.717) is 6.54 Å². The van der Waals surface area contributed by atoms with E-state index < -0.39 is 18.0 Å². The van der Waals surface area contributed by atoms with Gasteiger partial charge in [0.1, 0.15) is 12.6 Å². The van der Waals surface area contributed by atoms with Gasteiger partial charge in [0.05, 0.1) is 0 Å². The maximum atomic E-state index is 11.4. The normalized spacial score (nSPS) is 11.4. The summed E-state index contributed by atoms with van der Waals surface area (Å²) >= 11 is 0. The van der Waals surface area contributed by atoms with Crippen molar-refractivity contribution >= 4 is 17.9 Å². The molecule has 0 aromatic heterocycles. The van der Waals surface area contributed by atoms with Gasteiger partial charge < -0.3 is 20.6 Å². The van der Waals surface area contributed by atoms with E-state index >= 15 is 0 Å². The summed E-state index contributed by atoms with van der Waals surface area (Å²) < 4.78 is 0. The summed E-state index contributed by atoms with van der Waals surface area (Å²) in [6.45, 7) is 3.50. The highest BCUT2D eigenvalue weighted by atomic mass is 16.4. The fourth-order valence-electron chi connectivity index (χ4n) is 0.897. The first-order valence-corrected chi connectivity index (χ1v) is 4.89. The Balaban J connectivity index is 4.08. The van der Waals surface area contributed by atoms with Gasteiger partial charge in [-0.3, -0.25) is 9.59 Å². The molecule has 0 fully saturated rings. The average Bonchev–Trinajstić information content (AvgIpc) is 2.17. The lowest BCUT2D eigenvalue weighted by Gasteiger charge is -2.18. The Morgan fingerprint density at radius 3 is 2.38 bits per heavy atom. The fraction of sp³-hybridized carbons (Fsp3) is 0.667. The second-order valence-electron chi connectivity index (χ2n) is 3.32. The molecule has 0 heterocycles. The number of carboxylic acids is 1. The predicted octanol–water partition coefficient (Wildman–Crippen LogP) is -0.763. The largest absolute Gasteiger partial charge is 0.480 e. The SMILES string of the molecule is CCNC(=O)CN(C)C(=O)N[C@H](C)C(=O)O. The lowest BCUT2D eigenvalue weighted by molar-refractivity contribution is -0.138. The van der Waals surface area contributed by atoms with Crippen molar-refractivity contribution < 1.29 is 19.5 Å². The zero-order valence-electron chi connectivity index (χ0n) is 9.61. The number of carbonyl (C=O) groups is 3. The van der Waals surface area contributed by atoms with Gasteiger partial charge in [-0.15, -0.1) is 0 Å². The van der Waals surface area contributed by atoms with E-state index in [1.165, 1.54) is 14.0 Å². The molecule has 0 aliphatic carbocycles. The molecule has 0 aliphatic rings. The van der Waals surface area contributed by atoms with E-state index in [1.807, 2.05) is 0 Å². The Morgan fingerprint density at radius 1 is 1.38 bits per heavy atom. The standard InChI is InChI=1S/C9H17N3O4/c1-4-10-7(13)5-12(3)9(16)11-6(2)8(14)15/h6H,4-5H2,1-3H3,(H,10,13)(H,11,16)(H,14,15)/t6-/m1/s1. The number of hydrogen-bond donors (Lipinski definition) is 3. The first kappa shape index (κ1) is 14.2. The molecular formula is C9H17N3O4. The van der Waals surface area contributed by atoms with Crippen LogP contribution < -0.4 is 10.6 Å². The van der Waals surface area contributed by atoms with Crippen molar-refractivity contribution in [2.75, 3.05) is 20.1 Å². The van der Waals surface area contributed by atoms with Crippen molar-refractivity contribution in [1.82, 2.24) is 15.5 Å². The van der Waals surface area contributed by atoms with Gasteiger partial charge in [-0.1, -0.05) is 0 Å². The van der Waals surface area contributed by atoms with Gasteiger partial charge in [-0.25, -0.2) is 4.79 Å². The second-order valence-corrected chi connectivity index (χ2v) is 3.32. The fourth-order valence-corrected chi connectivity index (χ4v) is 0.897. The molecule has 0 rings (SSSR count). The number of likely N-dealkylation sites (N-methyl/N-ethyl adjacent to an activating group) is 2. The minimum Gasteiger partial charge on any atom is -0.480 e. The smallest absolute Gasteiger partial charge is 0.325 e. The summed E-state index contributed by atoms with van der Waals surface area (Å²) in [5.74, 6) is -1.41. The number of nitrogens with one attached hydrogen (secondary N) is 2. The third-order valence-corrected chi connectivity index (χ3v) is 1.81. The van der Waals surface area contributed by atoms with E-state index in [2.05, 4.69) is 10.6 Å². The quantitative estimate of drug-likeness (QED) is 0.579. The molecule has 0 radical (unpaired) electrons. The minimum atomic E-state index is -1.13. The Kier molecular flexibility index (Phi) is 5.91. The van der Waals surface area contributed by atoms with Crippen LogP contribution in [0.4, 0.5) is 4.79 Å². The zero-order valence-corrected chi connectivity index (χ0v) is 9.61. The van der Waals surface area contributed by atoms with Crippen LogP contribution in [0.3, 0.4) is 0 Å². The van der Waals surface area contributed by atoms with Crippen LogP contribution in [-0.4, -0.2) is 54.1 Å². The summed E-state index contributed by atoms with van der Waals surface area (Å²) in [5, 5.41) is 13.3. The van der Waals surface area contributed by atoms with Crippen molar-refractivity contribution in [1.29, 1.82) is 0 Å². The van der Waals surface area contributed by atoms with Crippen LogP contribution in [0.15, 0.2) is 0 Å². The number of aliphatic carboxylic acids is 1. The third kappa shape index (κ3) is 5.18. The number of carbonyl (C=O) groups excluding carboxylic acids is 2. The van der Waals surface area contributed by atoms with Crippen LogP contribution in [0.1, 0.15) is 13.8 Å². The molecule has 7 nitrogen and oxygen atoms in total. The summed E-state index contributed by atoms with van der Waals surface area (Å²) in [5.41, 5.74) is 0. The third-order valence-electron chi connectivity index (χ3n) is 1.81. The minimum absolute atomic E-state index is 0.105. The molecule has 0 aromatic carbocycles. The lowest BCUT2D eigenvalue weighted by Crippen LogP contribution is -2.48. The Hall–Kier alpha value is -1.79. The topological polar surface area (TPSA) is 98.7 Å². The van der Waals surface area contributed by atoms with Gasteiger partial charge in [0.25, 0.3) is 0 Å². The molecule has 0 bridgehead atoms. The second kappa shape index (κ2) is 6.65. The zero-order chi connectivity index (χ0) is 12.7. The van der Waals surface area contributed by atoms with E-state index in [4.69, 9.17) is 5.11 Å². The van der Waals surface area contributed by atoms with E-state index in [9.17, 15) is 14.4 Å². The van der Waals surface area contributed by atoms with Crippen LogP contribution in [-0.2, 0) is 9.59 Å². The highest BCUT2D eigenvalue weighted by molar-refractivity contribution is 5.86. The Morgan fingerprint density at radius 2 is 1.94 bits per heavy atom. The van der Waals surface area contributed by atoms with Crippen molar-refractivity contribution in [2.24, 2.45) is 0 Å². The molecule has 0 aliphatic heterocycles. The van der Waals surface area contributed by atoms with Crippen molar-refractivity contribution in [3.05, 3.63) is 0 Å². The summed E-state index contributed by atoms with van der Waals surface area (Å²) in [6, 6.07) is -1.58. The van der Waals surface area contributed by atoms with E-state index in [-0.39, 0.29) is 12.5 Å². The van der Waals surface area contributed by atoms with Gasteiger partial charge in [0.2, 0.25) is 5.91 Å².